The van der Waals surface area contributed by atoms with Gasteiger partial charge in [0, 0.05) is 12.1 Å². The third-order valence-electron chi connectivity index (χ3n) is 1.96. The minimum Gasteiger partial charge on any atom is -0.462 e. The first kappa shape index (κ1) is 10.7. The summed E-state index contributed by atoms with van der Waals surface area (Å²) < 4.78 is 6.91. The predicted molar refractivity (Wildman–Crippen MR) is 53.0 cm³/mol. The molecule has 3 nitrogen and oxygen atoms in total. The molecule has 0 saturated heterocycles. The second-order valence-corrected chi connectivity index (χ2v) is 3.35. The van der Waals surface area contributed by atoms with Gasteiger partial charge in [-0.2, -0.15) is 0 Å². The Balaban J connectivity index is 2.78. The van der Waals surface area contributed by atoms with Crippen molar-refractivity contribution in [1.29, 1.82) is 0 Å². The van der Waals surface area contributed by atoms with E-state index in [9.17, 15) is 4.79 Å². The van der Waals surface area contributed by atoms with E-state index in [0.717, 1.165) is 0 Å². The third kappa shape index (κ3) is 2.55. The van der Waals surface area contributed by atoms with E-state index in [1.807, 2.05) is 17.0 Å². The van der Waals surface area contributed by atoms with Crippen LogP contribution in [0.2, 0.25) is 0 Å². The van der Waals surface area contributed by atoms with Crippen molar-refractivity contribution in [2.24, 2.45) is 0 Å². The smallest absolute Gasteiger partial charge is 0.338 e. The van der Waals surface area contributed by atoms with E-state index in [2.05, 4.69) is 13.8 Å². The number of pyridine rings is 1. The summed E-state index contributed by atoms with van der Waals surface area (Å²) in [6.07, 6.45) is 3.77. The van der Waals surface area contributed by atoms with Crippen LogP contribution in [0.1, 0.15) is 37.2 Å². The monoisotopic (exact) mass is 194 g/mol. The standard InChI is InChI=1S/C11H16NO2/c1-4-14-11(13)10-5-7-12(8-6-10)9(2)3/h5-9H,4H2,1-3H3/q+1. The van der Waals surface area contributed by atoms with Crippen LogP contribution in [-0.4, -0.2) is 12.6 Å². The molecule has 0 bridgehead atoms. The first-order valence-corrected chi connectivity index (χ1v) is 4.83. The van der Waals surface area contributed by atoms with Crippen molar-refractivity contribution >= 4 is 5.97 Å². The number of hydrogen-bond acceptors (Lipinski definition) is 2. The Morgan fingerprint density at radius 3 is 2.43 bits per heavy atom. The van der Waals surface area contributed by atoms with Crippen molar-refractivity contribution in [3.63, 3.8) is 0 Å². The van der Waals surface area contributed by atoms with E-state index in [0.29, 0.717) is 18.2 Å². The fourth-order valence-corrected chi connectivity index (χ4v) is 1.13. The molecule has 14 heavy (non-hydrogen) atoms. The summed E-state index contributed by atoms with van der Waals surface area (Å²) in [7, 11) is 0. The maximum Gasteiger partial charge on any atom is 0.338 e. The van der Waals surface area contributed by atoms with Crippen LogP contribution in [0.5, 0.6) is 0 Å². The normalized spacial score (nSPS) is 10.3. The molecule has 76 valence electrons. The first-order chi connectivity index (χ1) is 6.65. The van der Waals surface area contributed by atoms with E-state index in [1.54, 1.807) is 19.1 Å². The van der Waals surface area contributed by atoms with Gasteiger partial charge >= 0.3 is 5.97 Å². The second kappa shape index (κ2) is 4.74. The number of carbonyl (C=O) groups is 1. The van der Waals surface area contributed by atoms with Gasteiger partial charge in [0.15, 0.2) is 18.4 Å². The van der Waals surface area contributed by atoms with Crippen LogP contribution in [0.15, 0.2) is 24.5 Å². The van der Waals surface area contributed by atoms with Crippen LogP contribution in [0.4, 0.5) is 0 Å². The minimum atomic E-state index is -0.261. The SMILES string of the molecule is CCOC(=O)c1cc[n+](C(C)C)cc1. The molecule has 0 amide bonds. The molecule has 1 heterocycles. The molecule has 1 rings (SSSR count). The summed E-state index contributed by atoms with van der Waals surface area (Å²) >= 11 is 0. The van der Waals surface area contributed by atoms with Gasteiger partial charge in [0.05, 0.1) is 12.2 Å². The average molecular weight is 194 g/mol. The zero-order valence-corrected chi connectivity index (χ0v) is 8.86. The molecule has 3 heteroatoms. The summed E-state index contributed by atoms with van der Waals surface area (Å²) in [5.74, 6) is -0.261. The first-order valence-electron chi connectivity index (χ1n) is 4.83. The van der Waals surface area contributed by atoms with Gasteiger partial charge in [0.25, 0.3) is 0 Å². The molecule has 0 spiro atoms. The van der Waals surface area contributed by atoms with Crippen molar-refractivity contribution in [2.45, 2.75) is 26.8 Å². The molecule has 0 atom stereocenters. The summed E-state index contributed by atoms with van der Waals surface area (Å²) in [5.41, 5.74) is 0.601. The lowest BCUT2D eigenvalue weighted by Gasteiger charge is -2.02. The molecule has 1 aromatic heterocycles. The van der Waals surface area contributed by atoms with Crippen molar-refractivity contribution in [2.75, 3.05) is 6.61 Å². The molecule has 0 radical (unpaired) electrons. The van der Waals surface area contributed by atoms with Gasteiger partial charge in [0.1, 0.15) is 0 Å². The maximum absolute atomic E-state index is 11.3. The quantitative estimate of drug-likeness (QED) is 0.542. The molecular formula is C11H16NO2+. The van der Waals surface area contributed by atoms with Crippen LogP contribution in [0.3, 0.4) is 0 Å². The number of carbonyl (C=O) groups excluding carboxylic acids is 1. The fraction of sp³-hybridized carbons (Fsp3) is 0.455. The zero-order valence-electron chi connectivity index (χ0n) is 8.86. The Bertz CT molecular complexity index is 304. The van der Waals surface area contributed by atoms with Gasteiger partial charge in [-0.3, -0.25) is 0 Å². The maximum atomic E-state index is 11.3. The molecule has 1 aromatic rings. The predicted octanol–water partition coefficient (Wildman–Crippen LogP) is 1.73. The molecule has 0 saturated carbocycles. The lowest BCUT2D eigenvalue weighted by molar-refractivity contribution is -0.716. The summed E-state index contributed by atoms with van der Waals surface area (Å²) in [6, 6.07) is 3.96. The molecule has 0 N–H and O–H groups in total. The van der Waals surface area contributed by atoms with Crippen molar-refractivity contribution in [3.8, 4) is 0 Å². The lowest BCUT2D eigenvalue weighted by Crippen LogP contribution is -2.35. The van der Waals surface area contributed by atoms with Gasteiger partial charge in [-0.15, -0.1) is 0 Å². The zero-order chi connectivity index (χ0) is 10.6. The van der Waals surface area contributed by atoms with Gasteiger partial charge in [0.2, 0.25) is 0 Å². The van der Waals surface area contributed by atoms with Crippen molar-refractivity contribution < 1.29 is 14.1 Å². The van der Waals surface area contributed by atoms with Crippen molar-refractivity contribution in [3.05, 3.63) is 30.1 Å². The third-order valence-corrected chi connectivity index (χ3v) is 1.96. The van der Waals surface area contributed by atoms with E-state index in [4.69, 9.17) is 4.74 Å². The van der Waals surface area contributed by atoms with E-state index < -0.39 is 0 Å². The Morgan fingerprint density at radius 2 is 2.00 bits per heavy atom. The average Bonchev–Trinajstić information content (AvgIpc) is 2.18. The number of aromatic nitrogens is 1. The summed E-state index contributed by atoms with van der Waals surface area (Å²) in [4.78, 5) is 11.3. The number of hydrogen-bond donors (Lipinski definition) is 0. The Morgan fingerprint density at radius 1 is 1.43 bits per heavy atom. The molecule has 0 fully saturated rings. The van der Waals surface area contributed by atoms with Crippen molar-refractivity contribution in [1.82, 2.24) is 0 Å². The van der Waals surface area contributed by atoms with E-state index in [-0.39, 0.29) is 5.97 Å². The summed E-state index contributed by atoms with van der Waals surface area (Å²) in [6.45, 7) is 6.39. The van der Waals surface area contributed by atoms with Crippen LogP contribution >= 0.6 is 0 Å². The molecule has 0 aromatic carbocycles. The highest BCUT2D eigenvalue weighted by atomic mass is 16.5. The van der Waals surface area contributed by atoms with E-state index >= 15 is 0 Å². The summed E-state index contributed by atoms with van der Waals surface area (Å²) in [5, 5.41) is 0. The van der Waals surface area contributed by atoms with Gasteiger partial charge < -0.3 is 4.74 Å². The highest BCUT2D eigenvalue weighted by Crippen LogP contribution is 2.00. The lowest BCUT2D eigenvalue weighted by atomic mass is 10.2. The number of nitrogens with zero attached hydrogens (tertiary/aromatic N) is 1. The van der Waals surface area contributed by atoms with Crippen LogP contribution in [0, 0.1) is 0 Å². The van der Waals surface area contributed by atoms with Crippen LogP contribution in [-0.2, 0) is 4.74 Å². The fourth-order valence-electron chi connectivity index (χ4n) is 1.13. The number of esters is 1. The van der Waals surface area contributed by atoms with Gasteiger partial charge in [-0.1, -0.05) is 0 Å². The topological polar surface area (TPSA) is 30.2 Å². The highest BCUT2D eigenvalue weighted by molar-refractivity contribution is 5.88. The Labute approximate surface area is 84.3 Å². The van der Waals surface area contributed by atoms with E-state index in [1.165, 1.54) is 0 Å². The molecule has 0 aliphatic rings. The molecule has 0 aliphatic carbocycles. The van der Waals surface area contributed by atoms with Gasteiger partial charge in [-0.05, 0) is 20.8 Å². The van der Waals surface area contributed by atoms with Gasteiger partial charge in [-0.25, -0.2) is 9.36 Å². The largest absolute Gasteiger partial charge is 0.462 e. The minimum absolute atomic E-state index is 0.261. The number of ether oxygens (including phenoxy) is 1. The molecule has 0 aliphatic heterocycles. The number of rotatable bonds is 3. The van der Waals surface area contributed by atoms with Crippen LogP contribution in [0.25, 0.3) is 0 Å². The molecular weight excluding hydrogens is 178 g/mol. The van der Waals surface area contributed by atoms with Crippen LogP contribution < -0.4 is 4.57 Å². The Kier molecular flexibility index (Phi) is 3.63. The molecule has 0 unspecified atom stereocenters. The Hall–Kier alpha value is -1.38. The second-order valence-electron chi connectivity index (χ2n) is 3.35. The highest BCUT2D eigenvalue weighted by Gasteiger charge is 2.10.